The maximum atomic E-state index is 14.9. The number of carbonyl (C=O) groups excluding carboxylic acids is 2. The summed E-state index contributed by atoms with van der Waals surface area (Å²) in [5, 5.41) is 10.2. The van der Waals surface area contributed by atoms with E-state index in [1.165, 1.54) is 12.3 Å². The van der Waals surface area contributed by atoms with Crippen LogP contribution < -0.4 is 4.90 Å². The molecule has 0 aromatic carbocycles. The van der Waals surface area contributed by atoms with Crippen LogP contribution in [0.2, 0.25) is 0 Å². The van der Waals surface area contributed by atoms with Crippen molar-refractivity contribution in [2.45, 2.75) is 103 Å². The third-order valence-electron chi connectivity index (χ3n) is 9.07. The number of carbonyl (C=O) groups is 2. The maximum absolute atomic E-state index is 14.9. The Morgan fingerprint density at radius 3 is 2.55 bits per heavy atom. The zero-order valence-electron chi connectivity index (χ0n) is 27.7. The van der Waals surface area contributed by atoms with E-state index in [1.54, 1.807) is 16.7 Å². The number of aromatic nitrogens is 1. The molecule has 0 radical (unpaired) electrons. The van der Waals surface area contributed by atoms with Crippen LogP contribution >= 0.6 is 0 Å². The highest BCUT2D eigenvalue weighted by Crippen LogP contribution is 2.43. The second-order valence-corrected chi connectivity index (χ2v) is 14.6. The van der Waals surface area contributed by atoms with Crippen LogP contribution in [0, 0.1) is 0 Å². The van der Waals surface area contributed by atoms with Gasteiger partial charge in [-0.3, -0.25) is 19.6 Å². The summed E-state index contributed by atoms with van der Waals surface area (Å²) >= 11 is 0. The van der Waals surface area contributed by atoms with Crippen LogP contribution in [0.1, 0.15) is 79.5 Å². The summed E-state index contributed by atoms with van der Waals surface area (Å²) in [4.78, 5) is 39.0. The van der Waals surface area contributed by atoms with Gasteiger partial charge in [-0.2, -0.15) is 8.78 Å². The van der Waals surface area contributed by atoms with E-state index < -0.39 is 28.6 Å². The fraction of sp³-hybridized carbons (Fsp3) is 0.781. The van der Waals surface area contributed by atoms with Crippen molar-refractivity contribution in [3.8, 4) is 0 Å². The largest absolute Gasteiger partial charge is 0.444 e. The standard InChI is InChI=1S/C32H51F2N5O5/c1-9-10-32(33,34)26-13-25-24(14-35-26)30(6,7)19-39(25)27(41)18-36-15-22(2)38(28(42)44-29(3,4)5)17-23(36)16-37-11-12-43-21-31(37,8)20-40/h13-14,22-23,40H,9-12,15-21H2,1-8H3/t22-,23+,31?/m1/s1. The SMILES string of the molecule is CCCC(F)(F)c1cc2c(cn1)C(C)(C)CN2C(=O)CN1C[C@@H](C)N(C(=O)OC(C)(C)C)C[C@@H]1CN1CCOCC1(C)CO. The average Bonchev–Trinajstić information content (AvgIpc) is 3.20. The van der Waals surface area contributed by atoms with Crippen LogP contribution in [0.15, 0.2) is 12.3 Å². The molecule has 2 saturated heterocycles. The third-order valence-corrected chi connectivity index (χ3v) is 9.07. The summed E-state index contributed by atoms with van der Waals surface area (Å²) in [6.45, 7) is 18.1. The summed E-state index contributed by atoms with van der Waals surface area (Å²) in [6, 6.07) is 0.913. The number of aliphatic hydroxyl groups excluding tert-OH is 1. The smallest absolute Gasteiger partial charge is 0.410 e. The van der Waals surface area contributed by atoms with Crippen molar-refractivity contribution in [3.63, 3.8) is 0 Å². The van der Waals surface area contributed by atoms with E-state index in [2.05, 4.69) is 14.8 Å². The molecule has 10 nitrogen and oxygen atoms in total. The molecule has 3 aliphatic rings. The van der Waals surface area contributed by atoms with Gasteiger partial charge in [-0.1, -0.05) is 27.2 Å². The average molecular weight is 624 g/mol. The second kappa shape index (κ2) is 12.8. The van der Waals surface area contributed by atoms with Gasteiger partial charge in [0.05, 0.1) is 37.6 Å². The molecule has 44 heavy (non-hydrogen) atoms. The molecular weight excluding hydrogens is 572 g/mol. The van der Waals surface area contributed by atoms with Crippen molar-refractivity contribution >= 4 is 17.7 Å². The minimum atomic E-state index is -3.08. The molecule has 2 fully saturated rings. The Morgan fingerprint density at radius 1 is 1.20 bits per heavy atom. The number of halogens is 2. The number of hydrogen-bond acceptors (Lipinski definition) is 8. The highest BCUT2D eigenvalue weighted by atomic mass is 19.3. The van der Waals surface area contributed by atoms with Crippen molar-refractivity contribution < 1.29 is 33.0 Å². The molecule has 0 aliphatic carbocycles. The van der Waals surface area contributed by atoms with E-state index in [0.29, 0.717) is 58.0 Å². The quantitative estimate of drug-likeness (QED) is 0.465. The summed E-state index contributed by atoms with van der Waals surface area (Å²) in [5.74, 6) is -3.27. The Labute approximate surface area is 260 Å². The van der Waals surface area contributed by atoms with Crippen molar-refractivity contribution in [1.82, 2.24) is 19.7 Å². The molecule has 3 aliphatic heterocycles. The maximum Gasteiger partial charge on any atom is 0.410 e. The van der Waals surface area contributed by atoms with E-state index >= 15 is 0 Å². The molecular formula is C32H51F2N5O5. The van der Waals surface area contributed by atoms with Gasteiger partial charge in [0, 0.05) is 68.4 Å². The molecule has 0 spiro atoms. The topological polar surface area (TPSA) is 98.7 Å². The first-order valence-electron chi connectivity index (χ1n) is 15.8. The zero-order valence-corrected chi connectivity index (χ0v) is 27.7. The Hall–Kier alpha value is -2.41. The van der Waals surface area contributed by atoms with Crippen molar-refractivity contribution in [3.05, 3.63) is 23.5 Å². The number of anilines is 1. The van der Waals surface area contributed by atoms with Crippen LogP contribution in [-0.2, 0) is 25.6 Å². The van der Waals surface area contributed by atoms with Gasteiger partial charge in [0.25, 0.3) is 5.92 Å². The Bertz CT molecular complexity index is 1210. The number of alkyl halides is 2. The Balaban J connectivity index is 1.61. The molecule has 2 amide bonds. The third kappa shape index (κ3) is 7.35. The van der Waals surface area contributed by atoms with E-state index in [9.17, 15) is 23.5 Å². The molecule has 248 valence electrons. The summed E-state index contributed by atoms with van der Waals surface area (Å²) in [7, 11) is 0. The molecule has 4 rings (SSSR count). The number of rotatable bonds is 8. The van der Waals surface area contributed by atoms with Gasteiger partial charge < -0.3 is 24.4 Å². The van der Waals surface area contributed by atoms with E-state index in [4.69, 9.17) is 9.47 Å². The molecule has 1 aromatic heterocycles. The fourth-order valence-corrected chi connectivity index (χ4v) is 6.47. The lowest BCUT2D eigenvalue weighted by molar-refractivity contribution is -0.123. The van der Waals surface area contributed by atoms with E-state index in [0.717, 1.165) is 5.56 Å². The van der Waals surface area contributed by atoms with Crippen LogP contribution in [0.4, 0.5) is 19.3 Å². The predicted molar refractivity (Wildman–Crippen MR) is 164 cm³/mol. The van der Waals surface area contributed by atoms with E-state index in [-0.39, 0.29) is 43.3 Å². The number of ether oxygens (including phenoxy) is 2. The highest BCUT2D eigenvalue weighted by molar-refractivity contribution is 5.97. The lowest BCUT2D eigenvalue weighted by Crippen LogP contribution is -2.66. The van der Waals surface area contributed by atoms with Crippen molar-refractivity contribution in [2.75, 3.05) is 64.0 Å². The van der Waals surface area contributed by atoms with Crippen LogP contribution in [0.25, 0.3) is 0 Å². The first-order valence-corrected chi connectivity index (χ1v) is 15.8. The zero-order chi connectivity index (χ0) is 32.7. The summed E-state index contributed by atoms with van der Waals surface area (Å²) in [6.07, 6.45) is 1.09. The van der Waals surface area contributed by atoms with Gasteiger partial charge in [0.15, 0.2) is 0 Å². The number of fused-ring (bicyclic) bond motifs is 1. The number of morpholine rings is 1. The van der Waals surface area contributed by atoms with Crippen molar-refractivity contribution in [2.24, 2.45) is 0 Å². The number of nitrogens with zero attached hydrogens (tertiary/aromatic N) is 5. The Kier molecular flexibility index (Phi) is 10.0. The van der Waals surface area contributed by atoms with Crippen LogP contribution in [0.3, 0.4) is 0 Å². The van der Waals surface area contributed by atoms with Gasteiger partial charge >= 0.3 is 6.09 Å². The first-order chi connectivity index (χ1) is 20.4. The van der Waals surface area contributed by atoms with Crippen molar-refractivity contribution in [1.29, 1.82) is 0 Å². The normalized spacial score (nSPS) is 26.5. The summed E-state index contributed by atoms with van der Waals surface area (Å²) in [5.41, 5.74) is -0.765. The van der Waals surface area contributed by atoms with Gasteiger partial charge in [0.1, 0.15) is 11.3 Å². The Morgan fingerprint density at radius 2 is 1.91 bits per heavy atom. The van der Waals surface area contributed by atoms with Crippen LogP contribution in [-0.4, -0.2) is 119 Å². The predicted octanol–water partition coefficient (Wildman–Crippen LogP) is 3.99. The lowest BCUT2D eigenvalue weighted by Gasteiger charge is -2.50. The second-order valence-electron chi connectivity index (χ2n) is 14.6. The molecule has 12 heteroatoms. The lowest BCUT2D eigenvalue weighted by atomic mass is 9.88. The first kappa shape index (κ1) is 34.5. The highest BCUT2D eigenvalue weighted by Gasteiger charge is 2.45. The molecule has 0 bridgehead atoms. The van der Waals surface area contributed by atoms with E-state index in [1.807, 2.05) is 48.5 Å². The monoisotopic (exact) mass is 623 g/mol. The number of piperazine rings is 1. The van der Waals surface area contributed by atoms with Crippen LogP contribution in [0.5, 0.6) is 0 Å². The molecule has 1 aromatic rings. The minimum Gasteiger partial charge on any atom is -0.444 e. The fourth-order valence-electron chi connectivity index (χ4n) is 6.47. The van der Waals surface area contributed by atoms with Gasteiger partial charge in [-0.05, 0) is 40.7 Å². The van der Waals surface area contributed by atoms with Gasteiger partial charge in [0.2, 0.25) is 5.91 Å². The molecule has 4 heterocycles. The summed E-state index contributed by atoms with van der Waals surface area (Å²) < 4.78 is 41.2. The molecule has 1 N–H and O–H groups in total. The minimum absolute atomic E-state index is 0.0515. The molecule has 3 atom stereocenters. The number of amides is 2. The van der Waals surface area contributed by atoms with Gasteiger partial charge in [-0.25, -0.2) is 4.79 Å². The molecule has 1 unspecified atom stereocenters. The van der Waals surface area contributed by atoms with Gasteiger partial charge in [-0.15, -0.1) is 0 Å². The number of hydrogen-bond donors (Lipinski definition) is 1. The number of aliphatic hydroxyl groups is 1. The number of pyridine rings is 1. The molecule has 0 saturated carbocycles.